The van der Waals surface area contributed by atoms with Gasteiger partial charge >= 0.3 is 12.1 Å². The second kappa shape index (κ2) is 11.6. The Hall–Kier alpha value is -1.42. The molecule has 4 fully saturated rings. The second-order valence-electron chi connectivity index (χ2n) is 13.2. The molecule has 0 aromatic heterocycles. The van der Waals surface area contributed by atoms with E-state index in [9.17, 15) is 35.1 Å². The predicted molar refractivity (Wildman–Crippen MR) is 140 cm³/mol. The van der Waals surface area contributed by atoms with Gasteiger partial charge in [0.25, 0.3) is 0 Å². The van der Waals surface area contributed by atoms with Crippen molar-refractivity contribution in [1.29, 1.82) is 0 Å². The van der Waals surface area contributed by atoms with Crippen molar-refractivity contribution in [2.45, 2.75) is 96.9 Å². The molecule has 0 heterocycles. The molecule has 0 aliphatic heterocycles. The van der Waals surface area contributed by atoms with Crippen LogP contribution in [0.2, 0.25) is 0 Å². The highest BCUT2D eigenvalue weighted by molar-refractivity contribution is 5.68. The standard InChI is InChI=1S/C29H49NO8/c1-17(4-7-25(35)36)20-5-6-21-26-22(16-24(34)29(20,21)3)28(2)9-8-19(14-18(28)15-23(26)33)38-27(37)30(10-12-31)11-13-32/h17-24,26,31-34H,4-16H2,1-3H3,(H,35,36)/t17?,18-,19+,20?,21-,22?,23?,24?,26-,28?,29?/m0/s1. The third-order valence-corrected chi connectivity index (χ3v) is 11.6. The van der Waals surface area contributed by atoms with E-state index in [0.29, 0.717) is 25.7 Å². The molecule has 0 spiro atoms. The van der Waals surface area contributed by atoms with Crippen molar-refractivity contribution >= 4 is 12.1 Å². The molecule has 0 bridgehead atoms. The number of aliphatic hydroxyl groups is 4. The summed E-state index contributed by atoms with van der Waals surface area (Å²) >= 11 is 0. The molecule has 38 heavy (non-hydrogen) atoms. The summed E-state index contributed by atoms with van der Waals surface area (Å²) in [6, 6.07) is 0. The Labute approximate surface area is 226 Å². The average Bonchev–Trinajstić information content (AvgIpc) is 3.22. The summed E-state index contributed by atoms with van der Waals surface area (Å²) in [5.74, 6) is 0.367. The van der Waals surface area contributed by atoms with Crippen molar-refractivity contribution in [2.24, 2.45) is 46.3 Å². The number of nitrogens with zero attached hydrogens (tertiary/aromatic N) is 1. The molecule has 5 N–H and O–H groups in total. The number of fused-ring (bicyclic) bond motifs is 5. The van der Waals surface area contributed by atoms with Crippen molar-refractivity contribution in [3.8, 4) is 0 Å². The van der Waals surface area contributed by atoms with E-state index in [1.54, 1.807) is 0 Å². The summed E-state index contributed by atoms with van der Waals surface area (Å²) in [5, 5.41) is 50.9. The molecule has 4 aliphatic rings. The first-order valence-corrected chi connectivity index (χ1v) is 14.7. The number of rotatable bonds is 9. The highest BCUT2D eigenvalue weighted by atomic mass is 16.6. The summed E-state index contributed by atoms with van der Waals surface area (Å²) in [6.45, 7) is 6.46. The fraction of sp³-hybridized carbons (Fsp3) is 0.931. The maximum atomic E-state index is 12.7. The average molecular weight is 540 g/mol. The van der Waals surface area contributed by atoms with Gasteiger partial charge in [0.2, 0.25) is 0 Å². The van der Waals surface area contributed by atoms with Crippen LogP contribution in [0.25, 0.3) is 0 Å². The summed E-state index contributed by atoms with van der Waals surface area (Å²) in [6.07, 6.45) is 4.48. The number of carbonyl (C=O) groups excluding carboxylic acids is 1. The monoisotopic (exact) mass is 539 g/mol. The zero-order chi connectivity index (χ0) is 27.8. The smallest absolute Gasteiger partial charge is 0.410 e. The quantitative estimate of drug-likeness (QED) is 0.300. The maximum absolute atomic E-state index is 12.7. The fourth-order valence-corrected chi connectivity index (χ4v) is 9.53. The second-order valence-corrected chi connectivity index (χ2v) is 13.2. The normalized spacial score (nSPS) is 42.9. The summed E-state index contributed by atoms with van der Waals surface area (Å²) in [4.78, 5) is 25.2. The largest absolute Gasteiger partial charge is 0.481 e. The van der Waals surface area contributed by atoms with Crippen molar-refractivity contribution in [3.63, 3.8) is 0 Å². The molecule has 11 atom stereocenters. The van der Waals surface area contributed by atoms with Gasteiger partial charge in [0.05, 0.1) is 25.4 Å². The van der Waals surface area contributed by atoms with Gasteiger partial charge in [-0.05, 0) is 97.7 Å². The molecule has 0 saturated heterocycles. The lowest BCUT2D eigenvalue weighted by atomic mass is 9.43. The number of carboxylic acids is 1. The van der Waals surface area contributed by atoms with Crippen molar-refractivity contribution in [3.05, 3.63) is 0 Å². The van der Waals surface area contributed by atoms with Gasteiger partial charge in [0.1, 0.15) is 6.10 Å². The fourth-order valence-electron chi connectivity index (χ4n) is 9.53. The van der Waals surface area contributed by atoms with Crippen molar-refractivity contribution in [1.82, 2.24) is 4.90 Å². The lowest BCUT2D eigenvalue weighted by molar-refractivity contribution is -0.207. The van der Waals surface area contributed by atoms with Gasteiger partial charge in [-0.2, -0.15) is 0 Å². The molecular formula is C29H49NO8. The van der Waals surface area contributed by atoms with E-state index in [2.05, 4.69) is 20.8 Å². The van der Waals surface area contributed by atoms with E-state index in [1.165, 1.54) is 4.90 Å². The Bertz CT molecular complexity index is 848. The SMILES string of the molecule is CC(CCC(=O)O)C1CC[C@H]2[C@@H]3C(O)C[C@@H]4C[C@H](OC(=O)N(CCO)CCO)CCC4(C)C3CC(O)C12C. The highest BCUT2D eigenvalue weighted by Gasteiger charge is 2.65. The summed E-state index contributed by atoms with van der Waals surface area (Å²) in [5.41, 5.74) is -0.378. The molecule has 1 amide bonds. The number of carboxylic acid groups (broad SMARTS) is 1. The van der Waals surface area contributed by atoms with Crippen molar-refractivity contribution < 1.29 is 39.9 Å². The topological polar surface area (TPSA) is 148 Å². The first-order chi connectivity index (χ1) is 18.0. The van der Waals surface area contributed by atoms with Crippen LogP contribution in [0.3, 0.4) is 0 Å². The third-order valence-electron chi connectivity index (χ3n) is 11.6. The van der Waals surface area contributed by atoms with Crippen LogP contribution >= 0.6 is 0 Å². The Morgan fingerprint density at radius 2 is 1.68 bits per heavy atom. The van der Waals surface area contributed by atoms with Gasteiger partial charge in [-0.3, -0.25) is 4.79 Å². The van der Waals surface area contributed by atoms with E-state index >= 15 is 0 Å². The molecule has 0 aromatic carbocycles. The molecular weight excluding hydrogens is 490 g/mol. The molecule has 218 valence electrons. The van der Waals surface area contributed by atoms with Crippen LogP contribution in [-0.4, -0.2) is 87.1 Å². The molecule has 7 unspecified atom stereocenters. The van der Waals surface area contributed by atoms with E-state index in [0.717, 1.165) is 25.7 Å². The predicted octanol–water partition coefficient (Wildman–Crippen LogP) is 2.88. The van der Waals surface area contributed by atoms with Crippen LogP contribution in [0, 0.1) is 46.3 Å². The molecule has 4 aliphatic carbocycles. The number of hydrogen-bond donors (Lipinski definition) is 5. The molecule has 0 radical (unpaired) electrons. The summed E-state index contributed by atoms with van der Waals surface area (Å²) in [7, 11) is 0. The van der Waals surface area contributed by atoms with E-state index in [-0.39, 0.29) is 85.2 Å². The zero-order valence-electron chi connectivity index (χ0n) is 23.3. The van der Waals surface area contributed by atoms with Crippen LogP contribution in [0.4, 0.5) is 4.79 Å². The highest BCUT2D eigenvalue weighted by Crippen LogP contribution is 2.68. The first kappa shape index (κ1) is 29.6. The van der Waals surface area contributed by atoms with Crippen LogP contribution in [0.15, 0.2) is 0 Å². The van der Waals surface area contributed by atoms with E-state index in [1.807, 2.05) is 0 Å². The van der Waals surface area contributed by atoms with Gasteiger partial charge in [-0.15, -0.1) is 0 Å². The number of hydrogen-bond acceptors (Lipinski definition) is 7. The van der Waals surface area contributed by atoms with Crippen LogP contribution in [0.5, 0.6) is 0 Å². The Kier molecular flexibility index (Phi) is 9.02. The minimum absolute atomic E-state index is 0.0575. The number of carbonyl (C=O) groups is 2. The first-order valence-electron chi connectivity index (χ1n) is 14.7. The zero-order valence-corrected chi connectivity index (χ0v) is 23.3. The van der Waals surface area contributed by atoms with Gasteiger partial charge in [0.15, 0.2) is 0 Å². The Morgan fingerprint density at radius 3 is 2.32 bits per heavy atom. The minimum Gasteiger partial charge on any atom is -0.481 e. The number of ether oxygens (including phenoxy) is 1. The minimum atomic E-state index is -0.779. The lowest BCUT2D eigenvalue weighted by Gasteiger charge is -2.63. The Balaban J connectivity index is 1.48. The van der Waals surface area contributed by atoms with Crippen LogP contribution in [0.1, 0.15) is 78.6 Å². The van der Waals surface area contributed by atoms with Crippen LogP contribution < -0.4 is 0 Å². The Morgan fingerprint density at radius 1 is 1.00 bits per heavy atom. The van der Waals surface area contributed by atoms with Gasteiger partial charge in [-0.1, -0.05) is 20.8 Å². The molecule has 4 saturated carbocycles. The molecule has 0 aromatic rings. The maximum Gasteiger partial charge on any atom is 0.410 e. The van der Waals surface area contributed by atoms with E-state index < -0.39 is 24.3 Å². The van der Waals surface area contributed by atoms with Gasteiger partial charge in [0, 0.05) is 19.5 Å². The number of aliphatic hydroxyl groups excluding tert-OH is 4. The van der Waals surface area contributed by atoms with E-state index in [4.69, 9.17) is 4.74 Å². The van der Waals surface area contributed by atoms with Crippen molar-refractivity contribution in [2.75, 3.05) is 26.3 Å². The van der Waals surface area contributed by atoms with Gasteiger partial charge < -0.3 is 35.2 Å². The molecule has 9 heteroatoms. The summed E-state index contributed by atoms with van der Waals surface area (Å²) < 4.78 is 5.80. The van der Waals surface area contributed by atoms with Gasteiger partial charge in [-0.25, -0.2) is 4.79 Å². The molecule has 9 nitrogen and oxygen atoms in total. The van der Waals surface area contributed by atoms with Crippen LogP contribution in [-0.2, 0) is 9.53 Å². The number of aliphatic carboxylic acids is 1. The lowest BCUT2D eigenvalue weighted by Crippen LogP contribution is -2.62. The third kappa shape index (κ3) is 5.20. The number of amides is 1. The molecule has 4 rings (SSSR count).